The van der Waals surface area contributed by atoms with Crippen molar-refractivity contribution in [3.63, 3.8) is 0 Å². The van der Waals surface area contributed by atoms with Gasteiger partial charge in [-0.3, -0.25) is 14.6 Å². The van der Waals surface area contributed by atoms with Crippen molar-refractivity contribution >= 4 is 46.8 Å². The van der Waals surface area contributed by atoms with Gasteiger partial charge in [0, 0.05) is 31.5 Å². The number of nitrogens with zero attached hydrogens (tertiary/aromatic N) is 2. The van der Waals surface area contributed by atoms with Gasteiger partial charge < -0.3 is 19.7 Å². The van der Waals surface area contributed by atoms with Gasteiger partial charge in [0.1, 0.15) is 17.5 Å². The van der Waals surface area contributed by atoms with Crippen LogP contribution in [0.1, 0.15) is 29.7 Å². The molecule has 2 aliphatic heterocycles. The zero-order valence-electron chi connectivity index (χ0n) is 21.1. The van der Waals surface area contributed by atoms with Gasteiger partial charge in [-0.05, 0) is 28.8 Å². The Kier molecular flexibility index (Phi) is 8.23. The topological polar surface area (TPSA) is 97.8 Å². The Hall–Kier alpha value is -3.76. The number of β-lactam (4-membered cyclic amide) rings is 1. The molecule has 10 heteroatoms. The van der Waals surface area contributed by atoms with Crippen molar-refractivity contribution in [2.75, 3.05) is 5.75 Å². The Morgan fingerprint density at radius 1 is 1.05 bits per heavy atom. The minimum absolute atomic E-state index is 0.292. The molecule has 1 unspecified atom stereocenters. The molecule has 4 atom stereocenters. The van der Waals surface area contributed by atoms with E-state index in [1.54, 1.807) is 12.4 Å². The lowest BCUT2D eigenvalue weighted by Crippen LogP contribution is -2.77. The fourth-order valence-corrected chi connectivity index (χ4v) is 6.52. The molecule has 1 N–H and O–H groups in total. The SMILES string of the molecule is CC(=O)OC1CS[C@@H]2[C@H](NC(=S)Cc3ccncc3)C(=O)N2[C@H]1C(=O)OC(c1ccccc1)c1ccccc1. The van der Waals surface area contributed by atoms with Crippen molar-refractivity contribution < 1.29 is 23.9 Å². The van der Waals surface area contributed by atoms with E-state index in [2.05, 4.69) is 10.3 Å². The number of hydrogen-bond acceptors (Lipinski definition) is 8. The minimum atomic E-state index is -1.07. The number of thiocarbonyl (C=S) groups is 1. The second kappa shape index (κ2) is 12.0. The second-order valence-corrected chi connectivity index (χ2v) is 10.9. The highest BCUT2D eigenvalue weighted by Gasteiger charge is 2.59. The number of carbonyl (C=O) groups is 3. The Balaban J connectivity index is 1.36. The van der Waals surface area contributed by atoms with E-state index < -0.39 is 36.2 Å². The van der Waals surface area contributed by atoms with E-state index in [0.717, 1.165) is 16.7 Å². The van der Waals surface area contributed by atoms with Crippen LogP contribution >= 0.6 is 24.0 Å². The molecule has 8 nitrogen and oxygen atoms in total. The molecule has 0 saturated carbocycles. The number of thioether (sulfide) groups is 1. The Bertz CT molecular complexity index is 1300. The van der Waals surface area contributed by atoms with E-state index in [0.29, 0.717) is 17.2 Å². The van der Waals surface area contributed by atoms with Crippen molar-refractivity contribution in [1.82, 2.24) is 15.2 Å². The third-order valence-corrected chi connectivity index (χ3v) is 8.21. The summed E-state index contributed by atoms with van der Waals surface area (Å²) in [6.07, 6.45) is 2.32. The van der Waals surface area contributed by atoms with E-state index in [-0.39, 0.29) is 11.3 Å². The maximum atomic E-state index is 13.8. The zero-order chi connectivity index (χ0) is 27.4. The van der Waals surface area contributed by atoms with Crippen molar-refractivity contribution in [3.05, 3.63) is 102 Å². The van der Waals surface area contributed by atoms with Crippen LogP contribution in [0.25, 0.3) is 0 Å². The van der Waals surface area contributed by atoms with Gasteiger partial charge >= 0.3 is 11.9 Å². The first kappa shape index (κ1) is 26.8. The number of carbonyl (C=O) groups excluding carboxylic acids is 3. The first-order valence-electron chi connectivity index (χ1n) is 12.5. The number of hydrogen-bond donors (Lipinski definition) is 1. The van der Waals surface area contributed by atoms with Crippen LogP contribution in [-0.4, -0.2) is 62.0 Å². The molecule has 0 radical (unpaired) electrons. The van der Waals surface area contributed by atoms with E-state index in [1.165, 1.54) is 23.6 Å². The molecular formula is C29H27N3O5S2. The van der Waals surface area contributed by atoms with Gasteiger partial charge in [-0.15, -0.1) is 11.8 Å². The fraction of sp³-hybridized carbons (Fsp3) is 0.276. The molecule has 0 spiro atoms. The summed E-state index contributed by atoms with van der Waals surface area (Å²) in [4.78, 5) is 45.1. The van der Waals surface area contributed by atoms with Crippen LogP contribution in [0.3, 0.4) is 0 Å². The second-order valence-electron chi connectivity index (χ2n) is 9.28. The molecular weight excluding hydrogens is 534 g/mol. The molecule has 2 aromatic carbocycles. The number of pyridine rings is 1. The number of aromatic nitrogens is 1. The molecule has 39 heavy (non-hydrogen) atoms. The highest BCUT2D eigenvalue weighted by Crippen LogP contribution is 2.40. The van der Waals surface area contributed by atoms with E-state index >= 15 is 0 Å². The number of nitrogens with one attached hydrogen (secondary N) is 1. The number of fused-ring (bicyclic) bond motifs is 1. The summed E-state index contributed by atoms with van der Waals surface area (Å²) < 4.78 is 11.6. The van der Waals surface area contributed by atoms with Crippen LogP contribution < -0.4 is 5.32 Å². The van der Waals surface area contributed by atoms with Crippen molar-refractivity contribution in [3.8, 4) is 0 Å². The van der Waals surface area contributed by atoms with Gasteiger partial charge in [0.2, 0.25) is 5.91 Å². The van der Waals surface area contributed by atoms with Crippen LogP contribution in [0.5, 0.6) is 0 Å². The Morgan fingerprint density at radius 2 is 1.67 bits per heavy atom. The molecule has 0 aliphatic carbocycles. The Labute approximate surface area is 236 Å². The number of ether oxygens (including phenoxy) is 2. The number of rotatable bonds is 8. The van der Waals surface area contributed by atoms with Crippen molar-refractivity contribution in [1.29, 1.82) is 0 Å². The molecule has 2 saturated heterocycles. The predicted octanol–water partition coefficient (Wildman–Crippen LogP) is 3.46. The van der Waals surface area contributed by atoms with Crippen LogP contribution in [0.4, 0.5) is 0 Å². The normalized spacial score (nSPS) is 21.9. The lowest BCUT2D eigenvalue weighted by Gasteiger charge is -2.54. The number of amides is 1. The third-order valence-electron chi connectivity index (χ3n) is 6.59. The van der Waals surface area contributed by atoms with Crippen LogP contribution in [0.15, 0.2) is 85.2 Å². The monoisotopic (exact) mass is 561 g/mol. The van der Waals surface area contributed by atoms with E-state index in [1.807, 2.05) is 72.8 Å². The van der Waals surface area contributed by atoms with Crippen LogP contribution in [-0.2, 0) is 30.3 Å². The molecule has 2 aliphatic rings. The molecule has 1 amide bonds. The highest BCUT2D eigenvalue weighted by molar-refractivity contribution is 8.00. The molecule has 2 fully saturated rings. The standard InChI is InChI=1S/C29H27N3O5S2/c1-18(33)36-22-17-39-28-24(31-23(38)16-19-12-14-30-15-13-19)27(34)32(28)25(22)29(35)37-26(20-8-4-2-5-9-20)21-10-6-3-7-11-21/h2-15,22,24-26,28H,16-17H2,1H3,(H,31,38)/t22?,24-,25-,28-/m1/s1. The molecule has 3 aromatic rings. The quantitative estimate of drug-likeness (QED) is 0.252. The molecule has 3 heterocycles. The van der Waals surface area contributed by atoms with Gasteiger partial charge in [0.05, 0.1) is 4.99 Å². The molecule has 0 bridgehead atoms. The van der Waals surface area contributed by atoms with E-state index in [4.69, 9.17) is 21.7 Å². The summed E-state index contributed by atoms with van der Waals surface area (Å²) in [6.45, 7) is 1.29. The summed E-state index contributed by atoms with van der Waals surface area (Å²) >= 11 is 6.96. The van der Waals surface area contributed by atoms with Crippen LogP contribution in [0.2, 0.25) is 0 Å². The lowest BCUT2D eigenvalue weighted by atomic mass is 9.98. The van der Waals surface area contributed by atoms with Gasteiger partial charge in [-0.25, -0.2) is 4.79 Å². The van der Waals surface area contributed by atoms with Crippen molar-refractivity contribution in [2.24, 2.45) is 0 Å². The average molecular weight is 562 g/mol. The van der Waals surface area contributed by atoms with Gasteiger partial charge in [0.25, 0.3) is 0 Å². The molecule has 200 valence electrons. The van der Waals surface area contributed by atoms with Gasteiger partial charge in [-0.2, -0.15) is 0 Å². The third kappa shape index (κ3) is 5.97. The molecule has 5 rings (SSSR count). The summed E-state index contributed by atoms with van der Waals surface area (Å²) in [5.74, 6) is -1.11. The largest absolute Gasteiger partial charge is 0.459 e. The lowest BCUT2D eigenvalue weighted by molar-refractivity contribution is -0.177. The minimum Gasteiger partial charge on any atom is -0.459 e. The molecule has 1 aromatic heterocycles. The highest BCUT2D eigenvalue weighted by atomic mass is 32.2. The van der Waals surface area contributed by atoms with Gasteiger partial charge in [-0.1, -0.05) is 72.9 Å². The fourth-order valence-electron chi connectivity index (χ4n) is 4.81. The summed E-state index contributed by atoms with van der Waals surface area (Å²) in [5.41, 5.74) is 2.56. The maximum Gasteiger partial charge on any atom is 0.333 e. The first-order chi connectivity index (χ1) is 18.9. The zero-order valence-corrected chi connectivity index (χ0v) is 22.8. The Morgan fingerprint density at radius 3 is 2.26 bits per heavy atom. The van der Waals surface area contributed by atoms with E-state index in [9.17, 15) is 14.4 Å². The van der Waals surface area contributed by atoms with Crippen molar-refractivity contribution in [2.45, 2.75) is 43.0 Å². The summed E-state index contributed by atoms with van der Waals surface area (Å²) in [7, 11) is 0. The maximum absolute atomic E-state index is 13.8. The first-order valence-corrected chi connectivity index (χ1v) is 14.0. The predicted molar refractivity (Wildman–Crippen MR) is 151 cm³/mol. The summed E-state index contributed by atoms with van der Waals surface area (Å²) in [5, 5.41) is 2.80. The van der Waals surface area contributed by atoms with Crippen LogP contribution in [0, 0.1) is 0 Å². The average Bonchev–Trinajstić information content (AvgIpc) is 2.95. The number of esters is 2. The summed E-state index contributed by atoms with van der Waals surface area (Å²) in [6, 6.07) is 20.9. The number of benzene rings is 2. The smallest absolute Gasteiger partial charge is 0.333 e. The van der Waals surface area contributed by atoms with Gasteiger partial charge in [0.15, 0.2) is 12.1 Å².